The maximum atomic E-state index is 12.7. The summed E-state index contributed by atoms with van der Waals surface area (Å²) in [7, 11) is 0. The van der Waals surface area contributed by atoms with Gasteiger partial charge in [-0.1, -0.05) is 43.3 Å². The molecule has 0 radical (unpaired) electrons. The minimum atomic E-state index is -0.801. The van der Waals surface area contributed by atoms with Crippen molar-refractivity contribution < 1.29 is 14.7 Å². The second-order valence-corrected chi connectivity index (χ2v) is 7.54. The van der Waals surface area contributed by atoms with Crippen LogP contribution in [0.15, 0.2) is 48.5 Å². The first-order chi connectivity index (χ1) is 12.0. The Morgan fingerprint density at radius 2 is 1.92 bits per heavy atom. The number of rotatable bonds is 5. The SMILES string of the molecule is CC(Cc1ccc(NC(=O)C2SCCc3ccccc32)cc1)C(=O)O. The van der Waals surface area contributed by atoms with Crippen LogP contribution in [0.5, 0.6) is 0 Å². The van der Waals surface area contributed by atoms with E-state index in [0.29, 0.717) is 6.42 Å². The molecule has 2 unspecified atom stereocenters. The Kier molecular flexibility index (Phi) is 5.43. The molecular formula is C20H21NO3S. The van der Waals surface area contributed by atoms with Crippen LogP contribution in [0.25, 0.3) is 0 Å². The summed E-state index contributed by atoms with van der Waals surface area (Å²) in [5.74, 6) is -0.286. The maximum absolute atomic E-state index is 12.7. The summed E-state index contributed by atoms with van der Waals surface area (Å²) < 4.78 is 0. The molecule has 0 aliphatic carbocycles. The topological polar surface area (TPSA) is 66.4 Å². The van der Waals surface area contributed by atoms with Crippen LogP contribution >= 0.6 is 11.8 Å². The van der Waals surface area contributed by atoms with Gasteiger partial charge in [-0.25, -0.2) is 0 Å². The lowest BCUT2D eigenvalue weighted by atomic mass is 10.0. The molecule has 1 aliphatic heterocycles. The van der Waals surface area contributed by atoms with E-state index in [4.69, 9.17) is 5.11 Å². The number of carboxylic acids is 1. The van der Waals surface area contributed by atoms with Crippen molar-refractivity contribution in [3.8, 4) is 0 Å². The smallest absolute Gasteiger partial charge is 0.306 e. The van der Waals surface area contributed by atoms with Crippen LogP contribution in [0.3, 0.4) is 0 Å². The van der Waals surface area contributed by atoms with Crippen molar-refractivity contribution in [2.24, 2.45) is 5.92 Å². The number of carbonyl (C=O) groups excluding carboxylic acids is 1. The highest BCUT2D eigenvalue weighted by atomic mass is 32.2. The summed E-state index contributed by atoms with van der Waals surface area (Å²) >= 11 is 1.67. The van der Waals surface area contributed by atoms with Crippen molar-refractivity contribution in [2.75, 3.05) is 11.1 Å². The Hall–Kier alpha value is -2.27. The van der Waals surface area contributed by atoms with E-state index in [9.17, 15) is 9.59 Å². The predicted octanol–water partition coefficient (Wildman–Crippen LogP) is 3.92. The molecule has 0 saturated carbocycles. The number of amides is 1. The monoisotopic (exact) mass is 355 g/mol. The van der Waals surface area contributed by atoms with Gasteiger partial charge in [-0.3, -0.25) is 9.59 Å². The number of thioether (sulfide) groups is 1. The van der Waals surface area contributed by atoms with E-state index in [-0.39, 0.29) is 11.2 Å². The fraction of sp³-hybridized carbons (Fsp3) is 0.300. The number of aliphatic carboxylic acids is 1. The van der Waals surface area contributed by atoms with Gasteiger partial charge in [-0.15, -0.1) is 11.8 Å². The second-order valence-electron chi connectivity index (χ2n) is 6.33. The van der Waals surface area contributed by atoms with Crippen LogP contribution in [0.4, 0.5) is 5.69 Å². The zero-order valence-corrected chi connectivity index (χ0v) is 14.9. The molecule has 130 valence electrons. The molecule has 0 fully saturated rings. The van der Waals surface area contributed by atoms with Crippen LogP contribution in [0.1, 0.15) is 28.9 Å². The van der Waals surface area contributed by atoms with E-state index in [1.54, 1.807) is 18.7 Å². The maximum Gasteiger partial charge on any atom is 0.306 e. The first kappa shape index (κ1) is 17.5. The van der Waals surface area contributed by atoms with Gasteiger partial charge in [0, 0.05) is 5.69 Å². The third-order valence-electron chi connectivity index (χ3n) is 4.42. The van der Waals surface area contributed by atoms with Gasteiger partial charge in [-0.2, -0.15) is 0 Å². The third kappa shape index (κ3) is 4.23. The van der Waals surface area contributed by atoms with Crippen molar-refractivity contribution in [1.82, 2.24) is 0 Å². The lowest BCUT2D eigenvalue weighted by Gasteiger charge is -2.24. The number of anilines is 1. The number of hydrogen-bond donors (Lipinski definition) is 2. The largest absolute Gasteiger partial charge is 0.481 e. The molecule has 2 atom stereocenters. The first-order valence-corrected chi connectivity index (χ1v) is 9.41. The van der Waals surface area contributed by atoms with E-state index in [1.165, 1.54) is 5.56 Å². The number of carboxylic acid groups (broad SMARTS) is 1. The van der Waals surface area contributed by atoms with Gasteiger partial charge >= 0.3 is 5.97 Å². The molecule has 2 aromatic rings. The molecule has 25 heavy (non-hydrogen) atoms. The number of fused-ring (bicyclic) bond motifs is 1. The predicted molar refractivity (Wildman–Crippen MR) is 101 cm³/mol. The molecule has 0 saturated heterocycles. The summed E-state index contributed by atoms with van der Waals surface area (Å²) in [6.07, 6.45) is 1.48. The molecule has 3 rings (SSSR count). The molecule has 1 aliphatic rings. The molecule has 4 nitrogen and oxygen atoms in total. The highest BCUT2D eigenvalue weighted by Gasteiger charge is 2.26. The molecule has 1 heterocycles. The average Bonchev–Trinajstić information content (AvgIpc) is 2.62. The van der Waals surface area contributed by atoms with E-state index in [2.05, 4.69) is 11.4 Å². The Morgan fingerprint density at radius 3 is 2.64 bits per heavy atom. The fourth-order valence-corrected chi connectivity index (χ4v) is 4.18. The number of hydrogen-bond acceptors (Lipinski definition) is 3. The van der Waals surface area contributed by atoms with E-state index in [0.717, 1.165) is 29.0 Å². The van der Waals surface area contributed by atoms with Crippen LogP contribution in [0, 0.1) is 5.92 Å². The normalized spacial score (nSPS) is 17.4. The van der Waals surface area contributed by atoms with E-state index in [1.807, 2.05) is 42.5 Å². The molecule has 2 N–H and O–H groups in total. The van der Waals surface area contributed by atoms with Crippen molar-refractivity contribution in [1.29, 1.82) is 0 Å². The minimum absolute atomic E-state index is 0.0104. The zero-order valence-electron chi connectivity index (χ0n) is 14.1. The van der Waals surface area contributed by atoms with Gasteiger partial charge in [0.1, 0.15) is 5.25 Å². The lowest BCUT2D eigenvalue weighted by molar-refractivity contribution is -0.141. The van der Waals surface area contributed by atoms with Gasteiger partial charge < -0.3 is 10.4 Å². The molecule has 0 bridgehead atoms. The van der Waals surface area contributed by atoms with Gasteiger partial charge in [0.25, 0.3) is 0 Å². The lowest BCUT2D eigenvalue weighted by Crippen LogP contribution is -2.23. The Morgan fingerprint density at radius 1 is 1.20 bits per heavy atom. The molecular weight excluding hydrogens is 334 g/mol. The highest BCUT2D eigenvalue weighted by molar-refractivity contribution is 8.00. The van der Waals surface area contributed by atoms with Crippen LogP contribution in [-0.4, -0.2) is 22.7 Å². The van der Waals surface area contributed by atoms with E-state index < -0.39 is 11.9 Å². The number of nitrogens with one attached hydrogen (secondary N) is 1. The van der Waals surface area contributed by atoms with E-state index >= 15 is 0 Å². The molecule has 0 aromatic heterocycles. The molecule has 1 amide bonds. The minimum Gasteiger partial charge on any atom is -0.481 e. The second kappa shape index (κ2) is 7.74. The fourth-order valence-electron chi connectivity index (χ4n) is 2.98. The summed E-state index contributed by atoms with van der Waals surface area (Å²) in [5, 5.41) is 11.8. The van der Waals surface area contributed by atoms with Gasteiger partial charge in [0.2, 0.25) is 5.91 Å². The summed E-state index contributed by atoms with van der Waals surface area (Å²) in [5.41, 5.74) is 4.04. The van der Waals surface area contributed by atoms with Gasteiger partial charge in [-0.05, 0) is 47.4 Å². The Bertz CT molecular complexity index is 773. The highest BCUT2D eigenvalue weighted by Crippen LogP contribution is 2.37. The van der Waals surface area contributed by atoms with Crippen LogP contribution < -0.4 is 5.32 Å². The zero-order chi connectivity index (χ0) is 17.8. The van der Waals surface area contributed by atoms with Crippen molar-refractivity contribution in [3.63, 3.8) is 0 Å². The van der Waals surface area contributed by atoms with Crippen LogP contribution in [0.2, 0.25) is 0 Å². The van der Waals surface area contributed by atoms with Crippen molar-refractivity contribution in [3.05, 3.63) is 65.2 Å². The molecule has 2 aromatic carbocycles. The molecule has 0 spiro atoms. The van der Waals surface area contributed by atoms with Gasteiger partial charge in [0.15, 0.2) is 0 Å². The van der Waals surface area contributed by atoms with Crippen molar-refractivity contribution in [2.45, 2.75) is 25.0 Å². The Balaban J connectivity index is 1.67. The quantitative estimate of drug-likeness (QED) is 0.853. The van der Waals surface area contributed by atoms with Crippen LogP contribution in [-0.2, 0) is 22.4 Å². The summed E-state index contributed by atoms with van der Waals surface area (Å²) in [6, 6.07) is 15.5. The summed E-state index contributed by atoms with van der Waals surface area (Å²) in [6.45, 7) is 1.69. The standard InChI is InChI=1S/C20H21NO3S/c1-13(20(23)24)12-14-6-8-16(9-7-14)21-19(22)18-17-5-3-2-4-15(17)10-11-25-18/h2-9,13,18H,10-12H2,1H3,(H,21,22)(H,23,24). The first-order valence-electron chi connectivity index (χ1n) is 8.36. The number of carbonyl (C=O) groups is 2. The average molecular weight is 355 g/mol. The molecule has 5 heteroatoms. The number of benzene rings is 2. The Labute approximate surface area is 151 Å². The van der Waals surface area contributed by atoms with Gasteiger partial charge in [0.05, 0.1) is 5.92 Å². The third-order valence-corrected chi connectivity index (χ3v) is 5.66. The number of aryl methyl sites for hydroxylation is 1. The summed E-state index contributed by atoms with van der Waals surface area (Å²) in [4.78, 5) is 23.6. The van der Waals surface area contributed by atoms with Crippen molar-refractivity contribution >= 4 is 29.3 Å².